The molecular weight excluding hydrogens is 321 g/mol. The van der Waals surface area contributed by atoms with Crippen molar-refractivity contribution in [2.24, 2.45) is 0 Å². The number of rotatable bonds is 3. The van der Waals surface area contributed by atoms with Crippen LogP contribution in [0, 0.1) is 5.82 Å². The Balaban J connectivity index is 1.74. The van der Waals surface area contributed by atoms with Crippen LogP contribution in [0.5, 0.6) is 0 Å². The maximum Gasteiger partial charge on any atom is 0.311 e. The van der Waals surface area contributed by atoms with Gasteiger partial charge in [-0.15, -0.1) is 10.2 Å². The fraction of sp³-hybridized carbons (Fsp3) is 0.438. The normalized spacial score (nSPS) is 15.5. The molecule has 1 aliphatic heterocycles. The quantitative estimate of drug-likeness (QED) is 0.860. The molecule has 1 aromatic heterocycles. The number of hydrogen-bond donors (Lipinski definition) is 0. The largest absolute Gasteiger partial charge is 0.417 e. The van der Waals surface area contributed by atoms with Gasteiger partial charge in [0.15, 0.2) is 0 Å². The van der Waals surface area contributed by atoms with Gasteiger partial charge in [0.05, 0.1) is 6.42 Å². The Hall–Kier alpha value is -1.95. The van der Waals surface area contributed by atoms with E-state index < -0.39 is 5.82 Å². The third-order valence-corrected chi connectivity index (χ3v) is 4.29. The topological polar surface area (TPSA) is 59.2 Å². The Kier molecular flexibility index (Phi) is 4.91. The molecule has 0 atom stereocenters. The van der Waals surface area contributed by atoms with E-state index >= 15 is 0 Å². The third-order valence-electron chi connectivity index (χ3n) is 3.93. The van der Waals surface area contributed by atoms with E-state index in [1.165, 1.54) is 12.1 Å². The highest BCUT2D eigenvalue weighted by atomic mass is 35.5. The Labute approximate surface area is 138 Å². The lowest BCUT2D eigenvalue weighted by atomic mass is 10.1. The lowest BCUT2D eigenvalue weighted by molar-refractivity contribution is 0.0719. The van der Waals surface area contributed by atoms with Crippen LogP contribution in [0.3, 0.4) is 0 Å². The van der Waals surface area contributed by atoms with Crippen molar-refractivity contribution in [1.29, 1.82) is 0 Å². The van der Waals surface area contributed by atoms with Gasteiger partial charge in [-0.1, -0.05) is 30.5 Å². The number of halogens is 2. The van der Waals surface area contributed by atoms with Crippen LogP contribution in [-0.2, 0) is 6.42 Å². The number of nitrogens with zero attached hydrogens (tertiary/aromatic N) is 3. The van der Waals surface area contributed by atoms with Crippen LogP contribution in [0.15, 0.2) is 22.6 Å². The predicted octanol–water partition coefficient (Wildman–Crippen LogP) is 3.47. The SMILES string of the molecule is O=C(c1nnc(Cc2c(F)cccc2Cl)o1)N1CCCCCC1. The zero-order chi connectivity index (χ0) is 16.2. The van der Waals surface area contributed by atoms with Crippen molar-refractivity contribution in [2.75, 3.05) is 13.1 Å². The predicted molar refractivity (Wildman–Crippen MR) is 82.9 cm³/mol. The van der Waals surface area contributed by atoms with Gasteiger partial charge >= 0.3 is 11.8 Å². The first kappa shape index (κ1) is 15.9. The molecule has 2 heterocycles. The van der Waals surface area contributed by atoms with Crippen molar-refractivity contribution in [3.63, 3.8) is 0 Å². The van der Waals surface area contributed by atoms with Gasteiger partial charge in [-0.3, -0.25) is 4.79 Å². The van der Waals surface area contributed by atoms with E-state index in [1.807, 2.05) is 0 Å². The first-order chi connectivity index (χ1) is 11.1. The summed E-state index contributed by atoms with van der Waals surface area (Å²) in [6, 6.07) is 4.45. The Morgan fingerprint density at radius 2 is 1.96 bits per heavy atom. The second kappa shape index (κ2) is 7.08. The summed E-state index contributed by atoms with van der Waals surface area (Å²) in [4.78, 5) is 14.1. The molecular formula is C16H17ClFN3O2. The number of aromatic nitrogens is 2. The molecule has 0 saturated carbocycles. The minimum absolute atomic E-state index is 0.0469. The van der Waals surface area contributed by atoms with Crippen LogP contribution in [0.2, 0.25) is 5.02 Å². The Morgan fingerprint density at radius 1 is 1.22 bits per heavy atom. The van der Waals surface area contributed by atoms with Crippen molar-refractivity contribution in [3.8, 4) is 0 Å². The molecule has 3 rings (SSSR count). The van der Waals surface area contributed by atoms with Crippen LogP contribution in [-0.4, -0.2) is 34.1 Å². The first-order valence-electron chi connectivity index (χ1n) is 7.69. The van der Waals surface area contributed by atoms with Gasteiger partial charge in [-0.25, -0.2) is 4.39 Å². The van der Waals surface area contributed by atoms with E-state index in [1.54, 1.807) is 11.0 Å². The van der Waals surface area contributed by atoms with E-state index in [-0.39, 0.29) is 29.7 Å². The van der Waals surface area contributed by atoms with Crippen molar-refractivity contribution in [1.82, 2.24) is 15.1 Å². The van der Waals surface area contributed by atoms with Crippen molar-refractivity contribution in [3.05, 3.63) is 46.4 Å². The van der Waals surface area contributed by atoms with E-state index in [2.05, 4.69) is 10.2 Å². The maximum absolute atomic E-state index is 13.8. The summed E-state index contributed by atoms with van der Waals surface area (Å²) in [6.45, 7) is 1.41. The average Bonchev–Trinajstić information content (AvgIpc) is 2.83. The summed E-state index contributed by atoms with van der Waals surface area (Å²) in [6.07, 6.45) is 4.29. The fourth-order valence-corrected chi connectivity index (χ4v) is 2.90. The lowest BCUT2D eigenvalue weighted by Crippen LogP contribution is -2.32. The highest BCUT2D eigenvalue weighted by Crippen LogP contribution is 2.22. The van der Waals surface area contributed by atoms with E-state index in [9.17, 15) is 9.18 Å². The third kappa shape index (κ3) is 3.69. The average molecular weight is 338 g/mol. The summed E-state index contributed by atoms with van der Waals surface area (Å²) in [5, 5.41) is 7.94. The fourth-order valence-electron chi connectivity index (χ4n) is 2.67. The number of carbonyl (C=O) groups is 1. The van der Waals surface area contributed by atoms with E-state index in [4.69, 9.17) is 16.0 Å². The molecule has 0 spiro atoms. The molecule has 1 aromatic carbocycles. The molecule has 122 valence electrons. The Bertz CT molecular complexity index is 676. The minimum atomic E-state index is -0.434. The van der Waals surface area contributed by atoms with Gasteiger partial charge < -0.3 is 9.32 Å². The minimum Gasteiger partial charge on any atom is -0.417 e. The molecule has 7 heteroatoms. The molecule has 5 nitrogen and oxygen atoms in total. The molecule has 23 heavy (non-hydrogen) atoms. The Morgan fingerprint density at radius 3 is 2.65 bits per heavy atom. The second-order valence-corrected chi connectivity index (χ2v) is 5.99. The number of carbonyl (C=O) groups excluding carboxylic acids is 1. The molecule has 1 aliphatic rings. The van der Waals surface area contributed by atoms with Gasteiger partial charge in [-0.2, -0.15) is 0 Å². The van der Waals surface area contributed by atoms with Crippen molar-refractivity contribution >= 4 is 17.5 Å². The zero-order valence-corrected chi connectivity index (χ0v) is 13.4. The van der Waals surface area contributed by atoms with Gasteiger partial charge in [0.25, 0.3) is 0 Å². The molecule has 0 N–H and O–H groups in total. The lowest BCUT2D eigenvalue weighted by Gasteiger charge is -2.17. The van der Waals surface area contributed by atoms with Crippen LogP contribution in [0.4, 0.5) is 4.39 Å². The zero-order valence-electron chi connectivity index (χ0n) is 12.6. The van der Waals surface area contributed by atoms with Gasteiger partial charge in [-0.05, 0) is 25.0 Å². The first-order valence-corrected chi connectivity index (χ1v) is 8.07. The van der Waals surface area contributed by atoms with Crippen LogP contribution in [0.1, 0.15) is 47.8 Å². The molecule has 1 amide bonds. The second-order valence-electron chi connectivity index (χ2n) is 5.58. The van der Waals surface area contributed by atoms with Crippen LogP contribution < -0.4 is 0 Å². The molecule has 0 aliphatic carbocycles. The smallest absolute Gasteiger partial charge is 0.311 e. The number of amides is 1. The number of likely N-dealkylation sites (tertiary alicyclic amines) is 1. The van der Waals surface area contributed by atoms with E-state index in [0.29, 0.717) is 18.1 Å². The summed E-state index contributed by atoms with van der Waals surface area (Å²) >= 11 is 5.98. The molecule has 1 fully saturated rings. The molecule has 0 bridgehead atoms. The van der Waals surface area contributed by atoms with Gasteiger partial charge in [0, 0.05) is 23.7 Å². The maximum atomic E-state index is 13.8. The van der Waals surface area contributed by atoms with Gasteiger partial charge in [0.2, 0.25) is 5.89 Å². The van der Waals surface area contributed by atoms with Crippen molar-refractivity contribution < 1.29 is 13.6 Å². The molecule has 0 radical (unpaired) electrons. The van der Waals surface area contributed by atoms with Crippen LogP contribution >= 0.6 is 11.6 Å². The summed E-state index contributed by atoms with van der Waals surface area (Å²) in [5.41, 5.74) is 0.284. The highest BCUT2D eigenvalue weighted by molar-refractivity contribution is 6.31. The molecule has 2 aromatic rings. The van der Waals surface area contributed by atoms with Gasteiger partial charge in [0.1, 0.15) is 5.82 Å². The number of hydrogen-bond acceptors (Lipinski definition) is 4. The molecule has 0 unspecified atom stereocenters. The van der Waals surface area contributed by atoms with Crippen molar-refractivity contribution in [2.45, 2.75) is 32.1 Å². The number of benzene rings is 1. The summed E-state index contributed by atoms with van der Waals surface area (Å²) in [5.74, 6) is -0.564. The highest BCUT2D eigenvalue weighted by Gasteiger charge is 2.23. The monoisotopic (exact) mass is 337 g/mol. The van der Waals surface area contributed by atoms with Crippen LogP contribution in [0.25, 0.3) is 0 Å². The summed E-state index contributed by atoms with van der Waals surface area (Å²) < 4.78 is 19.2. The molecule has 1 saturated heterocycles. The standard InChI is InChI=1S/C16H17ClFN3O2/c17-12-6-5-7-13(18)11(12)10-14-19-20-15(23-14)16(22)21-8-3-1-2-4-9-21/h5-7H,1-4,8-10H2. The van der Waals surface area contributed by atoms with E-state index in [0.717, 1.165) is 25.7 Å². The summed E-state index contributed by atoms with van der Waals surface area (Å²) in [7, 11) is 0.